The van der Waals surface area contributed by atoms with Crippen LogP contribution in [0.5, 0.6) is 0 Å². The lowest BCUT2D eigenvalue weighted by Crippen LogP contribution is -2.59. The molecule has 0 aromatic carbocycles. The molecule has 0 amide bonds. The first-order chi connectivity index (χ1) is 9.45. The number of rotatable bonds is 4. The summed E-state index contributed by atoms with van der Waals surface area (Å²) in [6, 6.07) is 4.07. The number of anilines is 1. The van der Waals surface area contributed by atoms with Crippen LogP contribution in [0.4, 0.5) is 5.82 Å². The third-order valence-corrected chi connectivity index (χ3v) is 5.09. The molecule has 0 saturated heterocycles. The van der Waals surface area contributed by atoms with Crippen LogP contribution in [0.25, 0.3) is 0 Å². The van der Waals surface area contributed by atoms with E-state index < -0.39 is 0 Å². The Morgan fingerprint density at radius 1 is 1.40 bits per heavy atom. The van der Waals surface area contributed by atoms with E-state index in [1.54, 1.807) is 6.20 Å². The maximum absolute atomic E-state index is 6.61. The van der Waals surface area contributed by atoms with E-state index in [0.29, 0.717) is 5.82 Å². The van der Waals surface area contributed by atoms with Crippen molar-refractivity contribution in [2.24, 2.45) is 11.7 Å². The molecule has 112 valence electrons. The summed E-state index contributed by atoms with van der Waals surface area (Å²) in [5.41, 5.74) is 13.7. The van der Waals surface area contributed by atoms with E-state index in [1.807, 2.05) is 12.1 Å². The molecule has 1 aromatic rings. The van der Waals surface area contributed by atoms with Gasteiger partial charge in [0.05, 0.1) is 0 Å². The number of aromatic nitrogens is 1. The quantitative estimate of drug-likeness (QED) is 0.883. The fraction of sp³-hybridized carbons (Fsp3) is 0.688. The van der Waals surface area contributed by atoms with Gasteiger partial charge in [-0.3, -0.25) is 0 Å². The SMILES string of the molecule is CC1CCC(C(N)Cc2cccnc2N)(N(C)C)CC1. The topological polar surface area (TPSA) is 68.2 Å². The maximum Gasteiger partial charge on any atom is 0.126 e. The monoisotopic (exact) mass is 276 g/mol. The molecule has 20 heavy (non-hydrogen) atoms. The van der Waals surface area contributed by atoms with Gasteiger partial charge in [0.1, 0.15) is 5.82 Å². The smallest absolute Gasteiger partial charge is 0.126 e. The van der Waals surface area contributed by atoms with Gasteiger partial charge in [-0.05, 0) is 63.7 Å². The van der Waals surface area contributed by atoms with Crippen molar-refractivity contribution in [3.8, 4) is 0 Å². The van der Waals surface area contributed by atoms with Crippen LogP contribution >= 0.6 is 0 Å². The predicted octanol–water partition coefficient (Wildman–Crippen LogP) is 2.04. The zero-order chi connectivity index (χ0) is 14.8. The molecule has 0 radical (unpaired) electrons. The summed E-state index contributed by atoms with van der Waals surface area (Å²) in [5, 5.41) is 0. The van der Waals surface area contributed by atoms with E-state index in [0.717, 1.165) is 17.9 Å². The first kappa shape index (κ1) is 15.3. The van der Waals surface area contributed by atoms with Crippen molar-refractivity contribution in [3.05, 3.63) is 23.9 Å². The molecular formula is C16H28N4. The van der Waals surface area contributed by atoms with Gasteiger partial charge in [-0.2, -0.15) is 0 Å². The Kier molecular flexibility index (Phi) is 4.66. The minimum absolute atomic E-state index is 0.0921. The second-order valence-electron chi connectivity index (χ2n) is 6.54. The molecule has 4 heteroatoms. The fourth-order valence-electron chi connectivity index (χ4n) is 3.46. The number of nitrogens with two attached hydrogens (primary N) is 2. The van der Waals surface area contributed by atoms with Crippen LogP contribution in [0.1, 0.15) is 38.2 Å². The summed E-state index contributed by atoms with van der Waals surface area (Å²) in [6.07, 6.45) is 7.38. The highest BCUT2D eigenvalue weighted by molar-refractivity contribution is 5.39. The molecule has 1 aliphatic carbocycles. The van der Waals surface area contributed by atoms with Crippen LogP contribution < -0.4 is 11.5 Å². The van der Waals surface area contributed by atoms with Gasteiger partial charge < -0.3 is 16.4 Å². The number of nitrogens with zero attached hydrogens (tertiary/aromatic N) is 2. The van der Waals surface area contributed by atoms with Crippen LogP contribution in [-0.4, -0.2) is 35.6 Å². The van der Waals surface area contributed by atoms with Crippen LogP contribution in [-0.2, 0) is 6.42 Å². The van der Waals surface area contributed by atoms with E-state index in [1.165, 1.54) is 25.7 Å². The van der Waals surface area contributed by atoms with Crippen molar-refractivity contribution in [2.75, 3.05) is 19.8 Å². The highest BCUT2D eigenvalue weighted by atomic mass is 15.2. The van der Waals surface area contributed by atoms with Crippen molar-refractivity contribution in [3.63, 3.8) is 0 Å². The van der Waals surface area contributed by atoms with Crippen molar-refractivity contribution >= 4 is 5.82 Å². The van der Waals surface area contributed by atoms with Crippen LogP contribution in [0.2, 0.25) is 0 Å². The van der Waals surface area contributed by atoms with Gasteiger partial charge in [-0.15, -0.1) is 0 Å². The Bertz CT molecular complexity index is 436. The molecule has 1 heterocycles. The van der Waals surface area contributed by atoms with Gasteiger partial charge in [0.15, 0.2) is 0 Å². The average Bonchev–Trinajstić information content (AvgIpc) is 2.42. The van der Waals surface area contributed by atoms with E-state index in [4.69, 9.17) is 11.5 Å². The lowest BCUT2D eigenvalue weighted by Gasteiger charge is -2.48. The van der Waals surface area contributed by atoms with Gasteiger partial charge >= 0.3 is 0 Å². The number of hydrogen-bond acceptors (Lipinski definition) is 4. The molecule has 0 spiro atoms. The van der Waals surface area contributed by atoms with Gasteiger partial charge in [0.2, 0.25) is 0 Å². The fourth-order valence-corrected chi connectivity index (χ4v) is 3.46. The molecule has 0 aliphatic heterocycles. The summed E-state index contributed by atoms with van der Waals surface area (Å²) in [5.74, 6) is 1.43. The van der Waals surface area contributed by atoms with Gasteiger partial charge in [-0.25, -0.2) is 4.98 Å². The zero-order valence-electron chi connectivity index (χ0n) is 13.0. The van der Waals surface area contributed by atoms with Crippen molar-refractivity contribution in [2.45, 2.75) is 50.6 Å². The van der Waals surface area contributed by atoms with Crippen molar-refractivity contribution in [1.29, 1.82) is 0 Å². The highest BCUT2D eigenvalue weighted by Gasteiger charge is 2.41. The summed E-state index contributed by atoms with van der Waals surface area (Å²) in [6.45, 7) is 2.34. The van der Waals surface area contributed by atoms with Crippen LogP contribution in [0, 0.1) is 5.92 Å². The van der Waals surface area contributed by atoms with Crippen LogP contribution in [0.15, 0.2) is 18.3 Å². The van der Waals surface area contributed by atoms with E-state index in [9.17, 15) is 0 Å². The van der Waals surface area contributed by atoms with Gasteiger partial charge in [0, 0.05) is 17.8 Å². The molecular weight excluding hydrogens is 248 g/mol. The Hall–Kier alpha value is -1.13. The molecule has 1 aliphatic rings. The largest absolute Gasteiger partial charge is 0.383 e. The molecule has 1 fully saturated rings. The summed E-state index contributed by atoms with van der Waals surface area (Å²) < 4.78 is 0. The lowest BCUT2D eigenvalue weighted by molar-refractivity contribution is 0.0568. The second kappa shape index (κ2) is 6.10. The maximum atomic E-state index is 6.61. The minimum Gasteiger partial charge on any atom is -0.383 e. The third-order valence-electron chi connectivity index (χ3n) is 5.09. The number of pyridine rings is 1. The molecule has 0 bridgehead atoms. The standard InChI is InChI=1S/C16H28N4/c1-12-6-8-16(9-7-12,20(2)3)14(17)11-13-5-4-10-19-15(13)18/h4-5,10,12,14H,6-9,11,17H2,1-3H3,(H2,18,19). The molecule has 1 unspecified atom stereocenters. The Morgan fingerprint density at radius 3 is 2.60 bits per heavy atom. The van der Waals surface area contributed by atoms with Gasteiger partial charge in [0.25, 0.3) is 0 Å². The van der Waals surface area contributed by atoms with E-state index in [2.05, 4.69) is 30.9 Å². The average molecular weight is 276 g/mol. The molecule has 1 saturated carbocycles. The Morgan fingerprint density at radius 2 is 2.05 bits per heavy atom. The molecule has 4 nitrogen and oxygen atoms in total. The Labute approximate surface area is 122 Å². The number of nitrogen functional groups attached to an aromatic ring is 1. The number of likely N-dealkylation sites (N-methyl/N-ethyl adjacent to an activating group) is 1. The highest BCUT2D eigenvalue weighted by Crippen LogP contribution is 2.38. The zero-order valence-corrected chi connectivity index (χ0v) is 13.0. The lowest BCUT2D eigenvalue weighted by atomic mass is 9.71. The first-order valence-corrected chi connectivity index (χ1v) is 7.58. The summed E-state index contributed by atoms with van der Waals surface area (Å²) >= 11 is 0. The predicted molar refractivity (Wildman–Crippen MR) is 84.4 cm³/mol. The van der Waals surface area contributed by atoms with Crippen molar-refractivity contribution < 1.29 is 0 Å². The van der Waals surface area contributed by atoms with Crippen molar-refractivity contribution in [1.82, 2.24) is 9.88 Å². The summed E-state index contributed by atoms with van der Waals surface area (Å²) in [4.78, 5) is 6.50. The molecule has 1 atom stereocenters. The molecule has 2 rings (SSSR count). The Balaban J connectivity index is 2.16. The first-order valence-electron chi connectivity index (χ1n) is 7.58. The number of hydrogen-bond donors (Lipinski definition) is 2. The summed E-state index contributed by atoms with van der Waals surface area (Å²) in [7, 11) is 4.31. The molecule has 1 aromatic heterocycles. The van der Waals surface area contributed by atoms with Gasteiger partial charge in [-0.1, -0.05) is 13.0 Å². The van der Waals surface area contributed by atoms with E-state index in [-0.39, 0.29) is 11.6 Å². The normalized spacial score (nSPS) is 28.6. The van der Waals surface area contributed by atoms with E-state index >= 15 is 0 Å². The molecule has 4 N–H and O–H groups in total. The third kappa shape index (κ3) is 2.96. The second-order valence-corrected chi connectivity index (χ2v) is 6.54. The minimum atomic E-state index is 0.0921. The van der Waals surface area contributed by atoms with Crippen LogP contribution in [0.3, 0.4) is 0 Å².